The third kappa shape index (κ3) is 4.96. The number of aryl methyl sites for hydroxylation is 1. The van der Waals surface area contributed by atoms with Gasteiger partial charge in [0.2, 0.25) is 12.7 Å². The first-order chi connectivity index (χ1) is 14.6. The number of amides is 1. The molecule has 2 aromatic carbocycles. The first-order valence-electron chi connectivity index (χ1n) is 11.1. The van der Waals surface area contributed by atoms with Gasteiger partial charge in [-0.1, -0.05) is 50.1 Å². The highest BCUT2D eigenvalue weighted by Crippen LogP contribution is 2.33. The second-order valence-corrected chi connectivity index (χ2v) is 8.42. The van der Waals surface area contributed by atoms with Crippen LogP contribution in [0.5, 0.6) is 11.5 Å². The van der Waals surface area contributed by atoms with E-state index >= 15 is 0 Å². The predicted molar refractivity (Wildman–Crippen MR) is 118 cm³/mol. The molecule has 5 nitrogen and oxygen atoms in total. The lowest BCUT2D eigenvalue weighted by Gasteiger charge is -2.29. The molecule has 0 spiro atoms. The first-order valence-corrected chi connectivity index (χ1v) is 11.1. The number of carbonyl (C=O) groups is 1. The molecule has 2 aliphatic rings. The molecule has 5 heteroatoms. The fourth-order valence-electron chi connectivity index (χ4n) is 4.45. The molecular formula is C25H32N2O3. The molecule has 1 saturated carbocycles. The van der Waals surface area contributed by atoms with Gasteiger partial charge in [0.1, 0.15) is 0 Å². The van der Waals surface area contributed by atoms with E-state index in [4.69, 9.17) is 9.47 Å². The number of hydrogen-bond acceptors (Lipinski definition) is 4. The topological polar surface area (TPSA) is 50.8 Å². The number of carbonyl (C=O) groups excluding carboxylic acids is 1. The van der Waals surface area contributed by atoms with Crippen LogP contribution in [0.4, 0.5) is 0 Å². The maximum absolute atomic E-state index is 12.9. The van der Waals surface area contributed by atoms with Gasteiger partial charge in [-0.2, -0.15) is 0 Å². The molecule has 0 saturated heterocycles. The number of benzene rings is 2. The molecular weight excluding hydrogens is 376 g/mol. The summed E-state index contributed by atoms with van der Waals surface area (Å²) in [5, 5.41) is 3.19. The third-order valence-corrected chi connectivity index (χ3v) is 6.28. The summed E-state index contributed by atoms with van der Waals surface area (Å²) in [5.41, 5.74) is 3.61. The summed E-state index contributed by atoms with van der Waals surface area (Å²) in [5.74, 6) is 1.68. The summed E-state index contributed by atoms with van der Waals surface area (Å²) >= 11 is 0. The van der Waals surface area contributed by atoms with Crippen LogP contribution >= 0.6 is 0 Å². The van der Waals surface area contributed by atoms with Crippen LogP contribution < -0.4 is 14.8 Å². The van der Waals surface area contributed by atoms with Crippen molar-refractivity contribution in [3.8, 4) is 11.5 Å². The number of rotatable bonds is 8. The molecule has 1 fully saturated rings. The van der Waals surface area contributed by atoms with Crippen molar-refractivity contribution < 1.29 is 14.3 Å². The molecule has 0 aromatic heterocycles. The van der Waals surface area contributed by atoms with E-state index in [-0.39, 0.29) is 18.7 Å². The molecule has 2 aromatic rings. The number of fused-ring (bicyclic) bond motifs is 1. The van der Waals surface area contributed by atoms with Crippen molar-refractivity contribution >= 4 is 5.91 Å². The van der Waals surface area contributed by atoms with Crippen molar-refractivity contribution in [1.29, 1.82) is 0 Å². The second-order valence-electron chi connectivity index (χ2n) is 8.42. The summed E-state index contributed by atoms with van der Waals surface area (Å²) in [4.78, 5) is 15.2. The van der Waals surface area contributed by atoms with E-state index in [1.165, 1.54) is 18.4 Å². The van der Waals surface area contributed by atoms with Gasteiger partial charge in [0.25, 0.3) is 0 Å². The quantitative estimate of drug-likeness (QED) is 0.694. The van der Waals surface area contributed by atoms with Gasteiger partial charge >= 0.3 is 0 Å². The Hall–Kier alpha value is -2.53. The van der Waals surface area contributed by atoms with Gasteiger partial charge in [0.15, 0.2) is 11.5 Å². The van der Waals surface area contributed by atoms with Crippen molar-refractivity contribution in [2.75, 3.05) is 13.3 Å². The number of ether oxygens (including phenoxy) is 2. The number of nitrogens with zero attached hydrogens (tertiary/aromatic N) is 1. The van der Waals surface area contributed by atoms with Crippen molar-refractivity contribution in [3.63, 3.8) is 0 Å². The molecule has 1 unspecified atom stereocenters. The molecule has 1 aliphatic heterocycles. The van der Waals surface area contributed by atoms with E-state index in [2.05, 4.69) is 54.4 Å². The van der Waals surface area contributed by atoms with Crippen LogP contribution in [-0.2, 0) is 17.8 Å². The normalized spacial score (nSPS) is 16.8. The number of nitrogens with one attached hydrogen (secondary N) is 1. The SMILES string of the molecule is CCc1ccc(C(C)NC(=O)CN(Cc2ccc3c(c2)OCO3)C2CCCC2)cc1. The summed E-state index contributed by atoms with van der Waals surface area (Å²) in [6, 6.07) is 15.1. The van der Waals surface area contributed by atoms with Gasteiger partial charge < -0.3 is 14.8 Å². The molecule has 1 N–H and O–H groups in total. The summed E-state index contributed by atoms with van der Waals surface area (Å²) in [6.45, 7) is 5.64. The molecule has 4 rings (SSSR count). The van der Waals surface area contributed by atoms with Gasteiger partial charge in [0.05, 0.1) is 12.6 Å². The van der Waals surface area contributed by atoms with Crippen molar-refractivity contribution in [3.05, 3.63) is 59.2 Å². The zero-order valence-electron chi connectivity index (χ0n) is 18.0. The van der Waals surface area contributed by atoms with Crippen LogP contribution in [0, 0.1) is 0 Å². The standard InChI is InChI=1S/C25H32N2O3/c1-3-19-8-11-21(12-9-19)18(2)26-25(28)16-27(22-6-4-5-7-22)15-20-10-13-23-24(14-20)30-17-29-23/h8-14,18,22H,3-7,15-17H2,1-2H3,(H,26,28). The highest BCUT2D eigenvalue weighted by molar-refractivity contribution is 5.78. The fourth-order valence-corrected chi connectivity index (χ4v) is 4.45. The Kier molecular flexibility index (Phi) is 6.58. The van der Waals surface area contributed by atoms with Crippen molar-refractivity contribution in [2.45, 2.75) is 64.6 Å². The lowest BCUT2D eigenvalue weighted by Crippen LogP contribution is -2.42. The highest BCUT2D eigenvalue weighted by Gasteiger charge is 2.26. The van der Waals surface area contributed by atoms with E-state index in [9.17, 15) is 4.79 Å². The van der Waals surface area contributed by atoms with Gasteiger partial charge in [-0.15, -0.1) is 0 Å². The number of hydrogen-bond donors (Lipinski definition) is 1. The molecule has 1 amide bonds. The van der Waals surface area contributed by atoms with Gasteiger partial charge in [0, 0.05) is 12.6 Å². The Morgan fingerprint density at radius 1 is 1.07 bits per heavy atom. The molecule has 1 aliphatic carbocycles. The molecule has 1 heterocycles. The largest absolute Gasteiger partial charge is 0.454 e. The Balaban J connectivity index is 1.40. The zero-order chi connectivity index (χ0) is 20.9. The Labute approximate surface area is 179 Å². The lowest BCUT2D eigenvalue weighted by atomic mass is 10.0. The maximum Gasteiger partial charge on any atom is 0.234 e. The molecule has 160 valence electrons. The third-order valence-electron chi connectivity index (χ3n) is 6.28. The van der Waals surface area contributed by atoms with Gasteiger partial charge in [-0.25, -0.2) is 0 Å². The molecule has 1 atom stereocenters. The lowest BCUT2D eigenvalue weighted by molar-refractivity contribution is -0.123. The van der Waals surface area contributed by atoms with Crippen molar-refractivity contribution in [2.24, 2.45) is 0 Å². The van der Waals surface area contributed by atoms with Crippen LogP contribution in [0.15, 0.2) is 42.5 Å². The highest BCUT2D eigenvalue weighted by atomic mass is 16.7. The van der Waals surface area contributed by atoms with Gasteiger partial charge in [-0.05, 0) is 55.0 Å². The van der Waals surface area contributed by atoms with Crippen LogP contribution in [-0.4, -0.2) is 30.2 Å². The minimum absolute atomic E-state index is 0.000576. The Bertz CT molecular complexity index is 859. The summed E-state index contributed by atoms with van der Waals surface area (Å²) < 4.78 is 10.9. The average molecular weight is 409 g/mol. The zero-order valence-corrected chi connectivity index (χ0v) is 18.0. The van der Waals surface area contributed by atoms with E-state index in [0.29, 0.717) is 12.6 Å². The van der Waals surface area contributed by atoms with E-state index in [0.717, 1.165) is 48.4 Å². The molecule has 0 radical (unpaired) electrons. The summed E-state index contributed by atoms with van der Waals surface area (Å²) in [6.07, 6.45) is 5.82. The average Bonchev–Trinajstić information content (AvgIpc) is 3.45. The maximum atomic E-state index is 12.9. The minimum atomic E-state index is -0.000576. The van der Waals surface area contributed by atoms with E-state index < -0.39 is 0 Å². The summed E-state index contributed by atoms with van der Waals surface area (Å²) in [7, 11) is 0. The van der Waals surface area contributed by atoms with Crippen molar-refractivity contribution in [1.82, 2.24) is 10.2 Å². The van der Waals surface area contributed by atoms with Crippen LogP contribution in [0.2, 0.25) is 0 Å². The monoisotopic (exact) mass is 408 g/mol. The predicted octanol–water partition coefficient (Wildman–Crippen LogP) is 4.60. The van der Waals surface area contributed by atoms with E-state index in [1.807, 2.05) is 12.1 Å². The van der Waals surface area contributed by atoms with E-state index in [1.54, 1.807) is 0 Å². The van der Waals surface area contributed by atoms with Crippen LogP contribution in [0.3, 0.4) is 0 Å². The molecule has 30 heavy (non-hydrogen) atoms. The Morgan fingerprint density at radius 3 is 2.50 bits per heavy atom. The molecule has 0 bridgehead atoms. The second kappa shape index (κ2) is 9.52. The smallest absolute Gasteiger partial charge is 0.234 e. The van der Waals surface area contributed by atoms with Crippen LogP contribution in [0.1, 0.15) is 62.3 Å². The minimum Gasteiger partial charge on any atom is -0.454 e. The first kappa shape index (κ1) is 20.7. The Morgan fingerprint density at radius 2 is 1.77 bits per heavy atom. The van der Waals surface area contributed by atoms with Crippen LogP contribution in [0.25, 0.3) is 0 Å². The van der Waals surface area contributed by atoms with Gasteiger partial charge in [-0.3, -0.25) is 9.69 Å². The fraction of sp³-hybridized carbons (Fsp3) is 0.480.